The molecule has 2 rings (SSSR count). The van der Waals surface area contributed by atoms with Crippen LogP contribution in [0, 0.1) is 0 Å². The molecule has 116 valence electrons. The van der Waals surface area contributed by atoms with E-state index >= 15 is 0 Å². The molecule has 1 unspecified atom stereocenters. The van der Waals surface area contributed by atoms with Crippen molar-refractivity contribution in [1.82, 2.24) is 5.32 Å². The Hall–Kier alpha value is -1.00. The summed E-state index contributed by atoms with van der Waals surface area (Å²) in [6, 6.07) is 10.5. The lowest BCUT2D eigenvalue weighted by atomic mass is 9.91. The lowest BCUT2D eigenvalue weighted by molar-refractivity contribution is -0.150. The molecule has 1 saturated carbocycles. The Bertz CT molecular complexity index is 447. The summed E-state index contributed by atoms with van der Waals surface area (Å²) >= 11 is 1.82. The molecule has 3 nitrogen and oxygen atoms in total. The van der Waals surface area contributed by atoms with Gasteiger partial charge in [-0.15, -0.1) is 0 Å². The zero-order valence-electron chi connectivity index (χ0n) is 12.9. The third-order valence-electron chi connectivity index (χ3n) is 3.59. The maximum Gasteiger partial charge on any atom is 0.331 e. The molecule has 1 atom stereocenters. The average molecular weight is 307 g/mol. The molecule has 0 saturated heterocycles. The minimum absolute atomic E-state index is 0.147. The van der Waals surface area contributed by atoms with Gasteiger partial charge < -0.3 is 4.74 Å². The molecule has 0 radical (unpaired) electrons. The lowest BCUT2D eigenvalue weighted by Gasteiger charge is -2.33. The summed E-state index contributed by atoms with van der Waals surface area (Å²) in [5.74, 6) is 1.63. The van der Waals surface area contributed by atoms with Crippen molar-refractivity contribution >= 4 is 17.7 Å². The van der Waals surface area contributed by atoms with Gasteiger partial charge in [-0.3, -0.25) is 5.32 Å². The molecule has 1 aliphatic carbocycles. The van der Waals surface area contributed by atoms with E-state index in [0.29, 0.717) is 12.6 Å². The fourth-order valence-corrected chi connectivity index (χ4v) is 3.47. The van der Waals surface area contributed by atoms with Crippen molar-refractivity contribution in [3.8, 4) is 0 Å². The number of esters is 1. The SMILES string of the molecule is CCCSCC(NC1CC1)(C(=O)OCC)c1ccccc1. The molecule has 1 aliphatic rings. The number of hydrogen-bond donors (Lipinski definition) is 1. The molecule has 0 aromatic heterocycles. The van der Waals surface area contributed by atoms with Crippen LogP contribution in [0.25, 0.3) is 0 Å². The maximum atomic E-state index is 12.7. The first kappa shape index (κ1) is 16.4. The molecule has 21 heavy (non-hydrogen) atoms. The third kappa shape index (κ3) is 4.24. The van der Waals surface area contributed by atoms with Crippen molar-refractivity contribution in [2.45, 2.75) is 44.7 Å². The number of nitrogens with one attached hydrogen (secondary N) is 1. The monoisotopic (exact) mass is 307 g/mol. The Kier molecular flexibility index (Phi) is 6.12. The average Bonchev–Trinajstić information content (AvgIpc) is 3.31. The van der Waals surface area contributed by atoms with Crippen LogP contribution < -0.4 is 5.32 Å². The van der Waals surface area contributed by atoms with Crippen LogP contribution >= 0.6 is 11.8 Å². The van der Waals surface area contributed by atoms with Crippen molar-refractivity contribution in [3.05, 3.63) is 35.9 Å². The van der Waals surface area contributed by atoms with E-state index < -0.39 is 5.54 Å². The predicted molar refractivity (Wildman–Crippen MR) is 88.5 cm³/mol. The normalized spacial score (nSPS) is 17.2. The number of hydrogen-bond acceptors (Lipinski definition) is 4. The topological polar surface area (TPSA) is 38.3 Å². The van der Waals surface area contributed by atoms with E-state index in [9.17, 15) is 4.79 Å². The first-order chi connectivity index (χ1) is 10.2. The second-order valence-electron chi connectivity index (χ2n) is 5.46. The molecule has 0 aliphatic heterocycles. The zero-order chi connectivity index (χ0) is 15.1. The molecule has 0 heterocycles. The third-order valence-corrected chi connectivity index (χ3v) is 4.92. The molecule has 1 N–H and O–H groups in total. The van der Waals surface area contributed by atoms with Gasteiger partial charge in [0.1, 0.15) is 0 Å². The largest absolute Gasteiger partial charge is 0.464 e. The van der Waals surface area contributed by atoms with Crippen molar-refractivity contribution < 1.29 is 9.53 Å². The van der Waals surface area contributed by atoms with Crippen molar-refractivity contribution in [1.29, 1.82) is 0 Å². The number of carbonyl (C=O) groups excluding carboxylic acids is 1. The fourth-order valence-electron chi connectivity index (χ4n) is 2.37. The van der Waals surface area contributed by atoms with Gasteiger partial charge in [0.05, 0.1) is 6.61 Å². The summed E-state index contributed by atoms with van der Waals surface area (Å²) in [7, 11) is 0. The molecular weight excluding hydrogens is 282 g/mol. The minimum atomic E-state index is -0.710. The molecule has 1 aromatic carbocycles. The lowest BCUT2D eigenvalue weighted by Crippen LogP contribution is -2.53. The Morgan fingerprint density at radius 3 is 2.62 bits per heavy atom. The van der Waals surface area contributed by atoms with Gasteiger partial charge >= 0.3 is 5.97 Å². The summed E-state index contributed by atoms with van der Waals surface area (Å²) in [6.45, 7) is 4.44. The van der Waals surface area contributed by atoms with Crippen molar-refractivity contribution in [2.75, 3.05) is 18.1 Å². The highest BCUT2D eigenvalue weighted by Crippen LogP contribution is 2.33. The molecular formula is C17H25NO2S. The first-order valence-corrected chi connectivity index (χ1v) is 8.96. The van der Waals surface area contributed by atoms with Crippen molar-refractivity contribution in [3.63, 3.8) is 0 Å². The second kappa shape index (κ2) is 7.85. The fraction of sp³-hybridized carbons (Fsp3) is 0.588. The van der Waals surface area contributed by atoms with Gasteiger partial charge in [-0.1, -0.05) is 37.3 Å². The summed E-state index contributed by atoms with van der Waals surface area (Å²) in [4.78, 5) is 12.7. The predicted octanol–water partition coefficient (Wildman–Crippen LogP) is 3.34. The van der Waals surface area contributed by atoms with Crippen LogP contribution in [-0.2, 0) is 15.1 Å². The zero-order valence-corrected chi connectivity index (χ0v) is 13.7. The number of ether oxygens (including phenoxy) is 1. The van der Waals surface area contributed by atoms with Crippen LogP contribution in [0.5, 0.6) is 0 Å². The summed E-state index contributed by atoms with van der Waals surface area (Å²) in [5, 5.41) is 3.57. The molecule has 1 aromatic rings. The molecule has 0 amide bonds. The Morgan fingerprint density at radius 2 is 2.05 bits per heavy atom. The summed E-state index contributed by atoms with van der Waals surface area (Å²) in [6.07, 6.45) is 3.40. The van der Waals surface area contributed by atoms with Gasteiger partial charge in [0, 0.05) is 11.8 Å². The van der Waals surface area contributed by atoms with Gasteiger partial charge in [0.15, 0.2) is 5.54 Å². The highest BCUT2D eigenvalue weighted by atomic mass is 32.2. The van der Waals surface area contributed by atoms with E-state index in [1.165, 1.54) is 0 Å². The highest BCUT2D eigenvalue weighted by molar-refractivity contribution is 7.99. The van der Waals surface area contributed by atoms with Crippen LogP contribution in [0.3, 0.4) is 0 Å². The van der Waals surface area contributed by atoms with Crippen LogP contribution in [0.15, 0.2) is 30.3 Å². The Balaban J connectivity index is 2.28. The number of benzene rings is 1. The van der Waals surface area contributed by atoms with Gasteiger partial charge in [-0.2, -0.15) is 11.8 Å². The smallest absolute Gasteiger partial charge is 0.331 e. The summed E-state index contributed by atoms with van der Waals surface area (Å²) < 4.78 is 5.41. The summed E-state index contributed by atoms with van der Waals surface area (Å²) in [5.41, 5.74) is 0.303. The standard InChI is InChI=1S/C17H25NO2S/c1-3-12-21-13-17(16(19)20-4-2,18-15-10-11-15)14-8-6-5-7-9-14/h5-9,15,18H,3-4,10-13H2,1-2H3. The van der Waals surface area contributed by atoms with Gasteiger partial charge in [-0.05, 0) is 37.5 Å². The molecule has 4 heteroatoms. The van der Waals surface area contributed by atoms with E-state index in [2.05, 4.69) is 12.2 Å². The van der Waals surface area contributed by atoms with Crippen LogP contribution in [0.1, 0.15) is 38.7 Å². The number of rotatable bonds is 9. The minimum Gasteiger partial charge on any atom is -0.464 e. The first-order valence-electron chi connectivity index (χ1n) is 7.81. The van der Waals surface area contributed by atoms with Gasteiger partial charge in [0.2, 0.25) is 0 Å². The molecule has 1 fully saturated rings. The Labute approximate surface area is 131 Å². The second-order valence-corrected chi connectivity index (χ2v) is 6.57. The number of carbonyl (C=O) groups is 1. The van der Waals surface area contributed by atoms with E-state index in [1.54, 1.807) is 0 Å². The van der Waals surface area contributed by atoms with E-state index in [-0.39, 0.29) is 5.97 Å². The highest BCUT2D eigenvalue weighted by Gasteiger charge is 2.45. The van der Waals surface area contributed by atoms with E-state index in [4.69, 9.17) is 4.74 Å². The number of thioether (sulfide) groups is 1. The quantitative estimate of drug-likeness (QED) is 0.561. The van der Waals surface area contributed by atoms with Crippen LogP contribution in [0.4, 0.5) is 0 Å². The maximum absolute atomic E-state index is 12.7. The van der Waals surface area contributed by atoms with Crippen LogP contribution in [-0.4, -0.2) is 30.1 Å². The molecule has 0 bridgehead atoms. The van der Waals surface area contributed by atoms with Crippen LogP contribution in [0.2, 0.25) is 0 Å². The van der Waals surface area contributed by atoms with Gasteiger partial charge in [-0.25, -0.2) is 4.79 Å². The van der Waals surface area contributed by atoms with Crippen molar-refractivity contribution in [2.24, 2.45) is 0 Å². The van der Waals surface area contributed by atoms with E-state index in [1.807, 2.05) is 49.0 Å². The van der Waals surface area contributed by atoms with Gasteiger partial charge in [0.25, 0.3) is 0 Å². The Morgan fingerprint density at radius 1 is 1.33 bits per heavy atom. The van der Waals surface area contributed by atoms with E-state index in [0.717, 1.165) is 36.3 Å². The molecule has 0 spiro atoms.